The van der Waals surface area contributed by atoms with Crippen LogP contribution in [0.4, 0.5) is 5.13 Å². The fourth-order valence-corrected chi connectivity index (χ4v) is 2.73. The van der Waals surface area contributed by atoms with Crippen molar-refractivity contribution in [1.29, 1.82) is 0 Å². The summed E-state index contributed by atoms with van der Waals surface area (Å²) in [5.74, 6) is 0.0577. The van der Waals surface area contributed by atoms with Crippen LogP contribution in [-0.2, 0) is 4.79 Å². The number of aryl methyl sites for hydroxylation is 2. The van der Waals surface area contributed by atoms with E-state index < -0.39 is 0 Å². The highest BCUT2D eigenvalue weighted by molar-refractivity contribution is 7.15. The molecule has 2 heterocycles. The lowest BCUT2D eigenvalue weighted by molar-refractivity contribution is -0.116. The molecule has 2 N–H and O–H groups in total. The van der Waals surface area contributed by atoms with Crippen molar-refractivity contribution in [2.75, 3.05) is 38.0 Å². The molecule has 1 aromatic rings. The monoisotopic (exact) mass is 268 g/mol. The molecule has 5 nitrogen and oxygen atoms in total. The number of nitrogens with zero attached hydrogens (tertiary/aromatic N) is 2. The molecule has 0 bridgehead atoms. The minimum Gasteiger partial charge on any atom is -0.314 e. The molecule has 18 heavy (non-hydrogen) atoms. The van der Waals surface area contributed by atoms with Gasteiger partial charge in [0.25, 0.3) is 0 Å². The average molecular weight is 268 g/mol. The van der Waals surface area contributed by atoms with Crippen LogP contribution in [0.2, 0.25) is 0 Å². The van der Waals surface area contributed by atoms with Crippen LogP contribution in [0.15, 0.2) is 0 Å². The first kappa shape index (κ1) is 13.5. The van der Waals surface area contributed by atoms with Gasteiger partial charge < -0.3 is 15.5 Å². The van der Waals surface area contributed by atoms with Gasteiger partial charge in [-0.15, -0.1) is 11.3 Å². The van der Waals surface area contributed by atoms with Gasteiger partial charge in [0.2, 0.25) is 5.91 Å². The number of hydrogen-bond acceptors (Lipinski definition) is 5. The first-order valence-corrected chi connectivity index (χ1v) is 7.14. The van der Waals surface area contributed by atoms with E-state index in [1.54, 1.807) is 0 Å². The second-order valence-corrected chi connectivity index (χ2v) is 5.75. The van der Waals surface area contributed by atoms with Gasteiger partial charge in [0.1, 0.15) is 0 Å². The number of carbonyl (C=O) groups excluding carboxylic acids is 1. The minimum atomic E-state index is 0.0577. The zero-order valence-corrected chi connectivity index (χ0v) is 11.8. The van der Waals surface area contributed by atoms with Crippen LogP contribution >= 0.6 is 11.3 Å². The van der Waals surface area contributed by atoms with Gasteiger partial charge in [-0.05, 0) is 13.8 Å². The highest BCUT2D eigenvalue weighted by Gasteiger charge is 2.12. The molecule has 1 aliphatic rings. The van der Waals surface area contributed by atoms with Crippen molar-refractivity contribution in [1.82, 2.24) is 15.2 Å². The van der Waals surface area contributed by atoms with Crippen LogP contribution in [0, 0.1) is 13.8 Å². The van der Waals surface area contributed by atoms with Crippen molar-refractivity contribution in [2.24, 2.45) is 0 Å². The third-order valence-electron chi connectivity index (χ3n) is 3.14. The van der Waals surface area contributed by atoms with E-state index in [1.165, 1.54) is 11.3 Å². The summed E-state index contributed by atoms with van der Waals surface area (Å²) in [5, 5.41) is 6.89. The predicted molar refractivity (Wildman–Crippen MR) is 74.1 cm³/mol. The molecule has 0 saturated carbocycles. The lowest BCUT2D eigenvalue weighted by atomic mass is 10.3. The summed E-state index contributed by atoms with van der Waals surface area (Å²) in [4.78, 5) is 19.6. The van der Waals surface area contributed by atoms with E-state index in [9.17, 15) is 4.79 Å². The van der Waals surface area contributed by atoms with Crippen molar-refractivity contribution in [3.63, 3.8) is 0 Å². The Bertz CT molecular complexity index is 393. The van der Waals surface area contributed by atoms with Crippen LogP contribution < -0.4 is 10.6 Å². The smallest absolute Gasteiger partial charge is 0.227 e. The topological polar surface area (TPSA) is 57.3 Å². The van der Waals surface area contributed by atoms with E-state index >= 15 is 0 Å². The van der Waals surface area contributed by atoms with Gasteiger partial charge in [0.05, 0.1) is 5.69 Å². The zero-order valence-electron chi connectivity index (χ0n) is 11.0. The first-order chi connectivity index (χ1) is 8.65. The summed E-state index contributed by atoms with van der Waals surface area (Å²) in [6.07, 6.45) is 0.539. The van der Waals surface area contributed by atoms with E-state index in [1.807, 2.05) is 13.8 Å². The van der Waals surface area contributed by atoms with Crippen molar-refractivity contribution >= 4 is 22.4 Å². The number of amides is 1. The molecule has 1 saturated heterocycles. The number of carbonyl (C=O) groups is 1. The number of thiazole rings is 1. The number of aromatic nitrogens is 1. The maximum atomic E-state index is 11.8. The number of nitrogens with one attached hydrogen (secondary N) is 2. The average Bonchev–Trinajstić information content (AvgIpc) is 2.67. The largest absolute Gasteiger partial charge is 0.314 e. The fraction of sp³-hybridized carbons (Fsp3) is 0.667. The van der Waals surface area contributed by atoms with E-state index in [0.29, 0.717) is 6.42 Å². The Morgan fingerprint density at radius 1 is 1.44 bits per heavy atom. The molecule has 0 atom stereocenters. The van der Waals surface area contributed by atoms with Crippen LogP contribution in [0.5, 0.6) is 0 Å². The Labute approximate surface area is 112 Å². The standard InChI is InChI=1S/C12H20N4OS/c1-9-10(2)18-12(14-9)15-11(17)3-6-16-7-4-13-5-8-16/h13H,3-8H2,1-2H3,(H,14,15,17). The number of hydrogen-bond donors (Lipinski definition) is 2. The summed E-state index contributed by atoms with van der Waals surface area (Å²) in [5.41, 5.74) is 0.998. The molecule has 1 amide bonds. The Hall–Kier alpha value is -0.980. The van der Waals surface area contributed by atoms with E-state index in [-0.39, 0.29) is 5.91 Å². The lowest BCUT2D eigenvalue weighted by Gasteiger charge is -2.26. The first-order valence-electron chi connectivity index (χ1n) is 6.32. The van der Waals surface area contributed by atoms with Gasteiger partial charge in [0, 0.05) is 44.0 Å². The molecule has 0 aliphatic carbocycles. The lowest BCUT2D eigenvalue weighted by Crippen LogP contribution is -2.44. The van der Waals surface area contributed by atoms with E-state index in [0.717, 1.165) is 48.4 Å². The van der Waals surface area contributed by atoms with Crippen LogP contribution in [-0.4, -0.2) is 48.5 Å². The quantitative estimate of drug-likeness (QED) is 0.855. The van der Waals surface area contributed by atoms with Gasteiger partial charge in [-0.2, -0.15) is 0 Å². The summed E-state index contributed by atoms with van der Waals surface area (Å²) in [6.45, 7) is 8.91. The van der Waals surface area contributed by atoms with Crippen molar-refractivity contribution < 1.29 is 4.79 Å². The SMILES string of the molecule is Cc1nc(NC(=O)CCN2CCNCC2)sc1C. The van der Waals surface area contributed by atoms with Gasteiger partial charge in [-0.1, -0.05) is 0 Å². The van der Waals surface area contributed by atoms with Gasteiger partial charge >= 0.3 is 0 Å². The highest BCUT2D eigenvalue weighted by atomic mass is 32.1. The Kier molecular flexibility index (Phi) is 4.68. The molecule has 6 heteroatoms. The number of rotatable bonds is 4. The Morgan fingerprint density at radius 2 is 2.17 bits per heavy atom. The fourth-order valence-electron chi connectivity index (χ4n) is 1.90. The third kappa shape index (κ3) is 3.76. The van der Waals surface area contributed by atoms with Crippen LogP contribution in [0.25, 0.3) is 0 Å². The van der Waals surface area contributed by atoms with E-state index in [2.05, 4.69) is 20.5 Å². The molecule has 2 rings (SSSR count). The second-order valence-electron chi connectivity index (χ2n) is 4.55. The predicted octanol–water partition coefficient (Wildman–Crippen LogP) is 0.994. The summed E-state index contributed by atoms with van der Waals surface area (Å²) in [7, 11) is 0. The summed E-state index contributed by atoms with van der Waals surface area (Å²) >= 11 is 1.54. The van der Waals surface area contributed by atoms with Gasteiger partial charge in [0.15, 0.2) is 5.13 Å². The maximum Gasteiger partial charge on any atom is 0.227 e. The van der Waals surface area contributed by atoms with Gasteiger partial charge in [-0.3, -0.25) is 4.79 Å². The molecular weight excluding hydrogens is 248 g/mol. The third-order valence-corrected chi connectivity index (χ3v) is 4.13. The normalized spacial score (nSPS) is 16.8. The minimum absolute atomic E-state index is 0.0577. The maximum absolute atomic E-state index is 11.8. The Balaban J connectivity index is 1.74. The van der Waals surface area contributed by atoms with Crippen molar-refractivity contribution in [3.8, 4) is 0 Å². The van der Waals surface area contributed by atoms with Crippen LogP contribution in [0.1, 0.15) is 17.0 Å². The number of anilines is 1. The Morgan fingerprint density at radius 3 is 2.78 bits per heavy atom. The zero-order chi connectivity index (χ0) is 13.0. The van der Waals surface area contributed by atoms with Crippen molar-refractivity contribution in [3.05, 3.63) is 10.6 Å². The molecule has 1 aliphatic heterocycles. The summed E-state index contributed by atoms with van der Waals surface area (Å²) in [6, 6.07) is 0. The second kappa shape index (κ2) is 6.26. The van der Waals surface area contributed by atoms with Crippen molar-refractivity contribution in [2.45, 2.75) is 20.3 Å². The molecule has 1 aromatic heterocycles. The molecule has 100 valence electrons. The molecule has 0 aromatic carbocycles. The summed E-state index contributed by atoms with van der Waals surface area (Å²) < 4.78 is 0. The molecule has 0 radical (unpaired) electrons. The molecule has 0 spiro atoms. The van der Waals surface area contributed by atoms with E-state index in [4.69, 9.17) is 0 Å². The van der Waals surface area contributed by atoms with Crippen LogP contribution in [0.3, 0.4) is 0 Å². The molecule has 1 fully saturated rings. The number of piperazine rings is 1. The molecular formula is C12H20N4OS. The molecule has 0 unspecified atom stereocenters. The van der Waals surface area contributed by atoms with Gasteiger partial charge in [-0.25, -0.2) is 4.98 Å². The highest BCUT2D eigenvalue weighted by Crippen LogP contribution is 2.21.